The van der Waals surface area contributed by atoms with Crippen LogP contribution in [0.5, 0.6) is 0 Å². The van der Waals surface area contributed by atoms with Gasteiger partial charge in [0.15, 0.2) is 0 Å². The Morgan fingerprint density at radius 1 is 1.50 bits per heavy atom. The van der Waals surface area contributed by atoms with Gasteiger partial charge in [-0.05, 0) is 18.3 Å². The summed E-state index contributed by atoms with van der Waals surface area (Å²) in [6.07, 6.45) is 0.950. The fraction of sp³-hybridized carbons (Fsp3) is 0.900. The summed E-state index contributed by atoms with van der Waals surface area (Å²) in [4.78, 5) is 12.5. The third-order valence-corrected chi connectivity index (χ3v) is 2.81. The van der Waals surface area contributed by atoms with Crippen LogP contribution in [0, 0.1) is 5.41 Å². The standard InChI is InChI=1S/C10H20N2O2/c1-10(2,3)8-7(11)5-4-6-12(8)9(13)14/h7-8H,4-6,11H2,1-3H3,(H,13,14)/t7?,8-/m1/s1. The minimum atomic E-state index is -0.847. The van der Waals surface area contributed by atoms with Crippen LogP contribution in [-0.2, 0) is 0 Å². The van der Waals surface area contributed by atoms with Gasteiger partial charge in [0.1, 0.15) is 0 Å². The van der Waals surface area contributed by atoms with Crippen LogP contribution in [0.15, 0.2) is 0 Å². The van der Waals surface area contributed by atoms with E-state index in [4.69, 9.17) is 10.8 Å². The van der Waals surface area contributed by atoms with E-state index in [9.17, 15) is 4.79 Å². The average molecular weight is 200 g/mol. The summed E-state index contributed by atoms with van der Waals surface area (Å²) in [6.45, 7) is 6.74. The molecule has 0 aliphatic carbocycles. The number of rotatable bonds is 0. The van der Waals surface area contributed by atoms with E-state index >= 15 is 0 Å². The first-order chi connectivity index (χ1) is 6.34. The van der Waals surface area contributed by atoms with Crippen molar-refractivity contribution in [2.75, 3.05) is 6.54 Å². The van der Waals surface area contributed by atoms with Gasteiger partial charge in [-0.2, -0.15) is 0 Å². The second-order valence-electron chi connectivity index (χ2n) is 5.09. The Labute approximate surface area is 85.1 Å². The molecule has 0 bridgehead atoms. The Morgan fingerprint density at radius 2 is 2.07 bits per heavy atom. The Kier molecular flexibility index (Phi) is 3.04. The molecule has 4 heteroatoms. The molecule has 1 rings (SSSR count). The maximum Gasteiger partial charge on any atom is 0.407 e. The van der Waals surface area contributed by atoms with Crippen molar-refractivity contribution in [1.29, 1.82) is 0 Å². The predicted octanol–water partition coefficient (Wildman–Crippen LogP) is 1.50. The largest absolute Gasteiger partial charge is 0.465 e. The maximum atomic E-state index is 11.0. The molecule has 1 amide bonds. The van der Waals surface area contributed by atoms with Crippen LogP contribution in [-0.4, -0.2) is 34.7 Å². The van der Waals surface area contributed by atoms with E-state index in [2.05, 4.69) is 0 Å². The van der Waals surface area contributed by atoms with Crippen molar-refractivity contribution in [2.24, 2.45) is 11.1 Å². The van der Waals surface area contributed by atoms with Crippen molar-refractivity contribution in [2.45, 2.75) is 45.7 Å². The van der Waals surface area contributed by atoms with Crippen LogP contribution in [0.4, 0.5) is 4.79 Å². The molecular weight excluding hydrogens is 180 g/mol. The van der Waals surface area contributed by atoms with Crippen molar-refractivity contribution in [3.8, 4) is 0 Å². The van der Waals surface area contributed by atoms with Crippen molar-refractivity contribution in [3.05, 3.63) is 0 Å². The molecule has 1 aliphatic heterocycles. The first-order valence-corrected chi connectivity index (χ1v) is 5.09. The average Bonchev–Trinajstić information content (AvgIpc) is 2.01. The zero-order chi connectivity index (χ0) is 10.9. The Bertz CT molecular complexity index is 223. The number of hydrogen-bond donors (Lipinski definition) is 2. The maximum absolute atomic E-state index is 11.0. The van der Waals surface area contributed by atoms with Gasteiger partial charge in [-0.1, -0.05) is 20.8 Å². The predicted molar refractivity (Wildman–Crippen MR) is 55.2 cm³/mol. The SMILES string of the molecule is CC(C)(C)[C@H]1C(N)CCCN1C(=O)O. The van der Waals surface area contributed by atoms with Gasteiger partial charge in [-0.3, -0.25) is 0 Å². The van der Waals surface area contributed by atoms with Gasteiger partial charge in [-0.15, -0.1) is 0 Å². The molecule has 0 aromatic heterocycles. The number of nitrogens with zero attached hydrogens (tertiary/aromatic N) is 1. The molecule has 0 aromatic carbocycles. The fourth-order valence-corrected chi connectivity index (χ4v) is 2.35. The molecule has 0 aromatic rings. The van der Waals surface area contributed by atoms with Crippen LogP contribution < -0.4 is 5.73 Å². The topological polar surface area (TPSA) is 66.6 Å². The van der Waals surface area contributed by atoms with E-state index in [1.54, 1.807) is 0 Å². The van der Waals surface area contributed by atoms with Gasteiger partial charge in [0, 0.05) is 12.6 Å². The molecule has 3 N–H and O–H groups in total. The molecule has 1 fully saturated rings. The molecule has 1 heterocycles. The number of carbonyl (C=O) groups is 1. The van der Waals surface area contributed by atoms with E-state index in [0.717, 1.165) is 12.8 Å². The van der Waals surface area contributed by atoms with Gasteiger partial charge in [0.05, 0.1) is 6.04 Å². The zero-order valence-corrected chi connectivity index (χ0v) is 9.16. The van der Waals surface area contributed by atoms with Crippen LogP contribution in [0.1, 0.15) is 33.6 Å². The fourth-order valence-electron chi connectivity index (χ4n) is 2.35. The Morgan fingerprint density at radius 3 is 2.43 bits per heavy atom. The molecule has 1 unspecified atom stereocenters. The number of likely N-dealkylation sites (tertiary alicyclic amines) is 1. The highest BCUT2D eigenvalue weighted by molar-refractivity contribution is 5.65. The molecule has 14 heavy (non-hydrogen) atoms. The second kappa shape index (κ2) is 3.77. The lowest BCUT2D eigenvalue weighted by atomic mass is 9.78. The molecule has 4 nitrogen and oxygen atoms in total. The van der Waals surface area contributed by atoms with Gasteiger partial charge in [0.25, 0.3) is 0 Å². The van der Waals surface area contributed by atoms with E-state index in [1.807, 2.05) is 20.8 Å². The summed E-state index contributed by atoms with van der Waals surface area (Å²) in [7, 11) is 0. The molecule has 2 atom stereocenters. The van der Waals surface area contributed by atoms with E-state index < -0.39 is 6.09 Å². The number of amides is 1. The van der Waals surface area contributed by atoms with Crippen LogP contribution in [0.2, 0.25) is 0 Å². The number of carboxylic acid groups (broad SMARTS) is 1. The van der Waals surface area contributed by atoms with Crippen molar-refractivity contribution >= 4 is 6.09 Å². The first-order valence-electron chi connectivity index (χ1n) is 5.09. The van der Waals surface area contributed by atoms with Crippen LogP contribution >= 0.6 is 0 Å². The summed E-state index contributed by atoms with van der Waals surface area (Å²) in [6, 6.07) is -0.0893. The van der Waals surface area contributed by atoms with Crippen LogP contribution in [0.3, 0.4) is 0 Å². The highest BCUT2D eigenvalue weighted by atomic mass is 16.4. The smallest absolute Gasteiger partial charge is 0.407 e. The van der Waals surface area contributed by atoms with Gasteiger partial charge in [-0.25, -0.2) is 4.79 Å². The van der Waals surface area contributed by atoms with Gasteiger partial charge < -0.3 is 15.7 Å². The van der Waals surface area contributed by atoms with E-state index in [1.165, 1.54) is 4.90 Å². The zero-order valence-electron chi connectivity index (χ0n) is 9.16. The second-order valence-corrected chi connectivity index (χ2v) is 5.09. The summed E-state index contributed by atoms with van der Waals surface area (Å²) >= 11 is 0. The quantitative estimate of drug-likeness (QED) is 0.622. The summed E-state index contributed by atoms with van der Waals surface area (Å²) in [5.41, 5.74) is 5.90. The normalized spacial score (nSPS) is 29.0. The first kappa shape index (κ1) is 11.3. The monoisotopic (exact) mass is 200 g/mol. The third kappa shape index (κ3) is 2.18. The Balaban J connectivity index is 2.87. The lowest BCUT2D eigenvalue weighted by Gasteiger charge is -2.45. The molecule has 0 spiro atoms. The summed E-state index contributed by atoms with van der Waals surface area (Å²) < 4.78 is 0. The minimum Gasteiger partial charge on any atom is -0.465 e. The van der Waals surface area contributed by atoms with E-state index in [-0.39, 0.29) is 17.5 Å². The molecule has 0 saturated carbocycles. The van der Waals surface area contributed by atoms with Crippen molar-refractivity contribution in [1.82, 2.24) is 4.90 Å². The number of piperidine rings is 1. The summed E-state index contributed by atoms with van der Waals surface area (Å²) in [5.74, 6) is 0. The van der Waals surface area contributed by atoms with Gasteiger partial charge in [0.2, 0.25) is 0 Å². The minimum absolute atomic E-state index is 0.0279. The third-order valence-electron chi connectivity index (χ3n) is 2.81. The van der Waals surface area contributed by atoms with Crippen LogP contribution in [0.25, 0.3) is 0 Å². The van der Waals surface area contributed by atoms with Crippen molar-refractivity contribution in [3.63, 3.8) is 0 Å². The lowest BCUT2D eigenvalue weighted by Crippen LogP contribution is -2.59. The highest BCUT2D eigenvalue weighted by Crippen LogP contribution is 2.31. The Hall–Kier alpha value is -0.770. The molecular formula is C10H20N2O2. The van der Waals surface area contributed by atoms with E-state index in [0.29, 0.717) is 6.54 Å². The lowest BCUT2D eigenvalue weighted by molar-refractivity contribution is 0.0474. The van der Waals surface area contributed by atoms with Gasteiger partial charge >= 0.3 is 6.09 Å². The summed E-state index contributed by atoms with van der Waals surface area (Å²) in [5, 5.41) is 9.06. The van der Waals surface area contributed by atoms with Crippen molar-refractivity contribution < 1.29 is 9.90 Å². The highest BCUT2D eigenvalue weighted by Gasteiger charge is 2.39. The number of hydrogen-bond acceptors (Lipinski definition) is 2. The number of nitrogens with two attached hydrogens (primary N) is 1. The molecule has 0 radical (unpaired) electrons. The molecule has 1 aliphatic rings. The molecule has 1 saturated heterocycles. The molecule has 82 valence electrons.